The molecule has 128 valence electrons. The molecule has 0 aliphatic carbocycles. The minimum atomic E-state index is 0.190. The average Bonchev–Trinajstić information content (AvgIpc) is 3.17. The Labute approximate surface area is 143 Å². The zero-order valence-electron chi connectivity index (χ0n) is 14.5. The fourth-order valence-corrected chi connectivity index (χ4v) is 4.87. The Kier molecular flexibility index (Phi) is 5.09. The summed E-state index contributed by atoms with van der Waals surface area (Å²) >= 11 is 1.59. The van der Waals surface area contributed by atoms with Gasteiger partial charge in [0.05, 0.1) is 12.2 Å². The molecule has 3 heterocycles. The molecule has 1 unspecified atom stereocenters. The standard InChI is InChI=1S/C18H28N2O2S/c1-14(2)19-7-5-18(6-8-19)13-20(10-16(18)11-22-3)17(21)15-4-9-23-12-15/h4,9,12,14,16H,5-8,10-11,13H2,1-3H3. The summed E-state index contributed by atoms with van der Waals surface area (Å²) in [6, 6.07) is 2.54. The van der Waals surface area contributed by atoms with Gasteiger partial charge in [-0.25, -0.2) is 0 Å². The molecule has 0 radical (unpaired) electrons. The van der Waals surface area contributed by atoms with Crippen molar-refractivity contribution in [1.82, 2.24) is 9.80 Å². The van der Waals surface area contributed by atoms with Crippen molar-refractivity contribution in [3.8, 4) is 0 Å². The lowest BCUT2D eigenvalue weighted by Crippen LogP contribution is -2.47. The number of piperidine rings is 1. The average molecular weight is 337 g/mol. The minimum absolute atomic E-state index is 0.190. The highest BCUT2D eigenvalue weighted by atomic mass is 32.1. The fraction of sp³-hybridized carbons (Fsp3) is 0.722. The van der Waals surface area contributed by atoms with E-state index in [1.807, 2.05) is 16.8 Å². The summed E-state index contributed by atoms with van der Waals surface area (Å²) in [7, 11) is 1.78. The quantitative estimate of drug-likeness (QED) is 0.847. The Morgan fingerprint density at radius 1 is 1.43 bits per heavy atom. The van der Waals surface area contributed by atoms with Gasteiger partial charge in [-0.3, -0.25) is 4.79 Å². The number of methoxy groups -OCH3 is 1. The zero-order valence-corrected chi connectivity index (χ0v) is 15.3. The molecule has 1 amide bonds. The maximum Gasteiger partial charge on any atom is 0.254 e. The molecule has 3 rings (SSSR count). The van der Waals surface area contributed by atoms with E-state index in [2.05, 4.69) is 23.6 Å². The van der Waals surface area contributed by atoms with Crippen molar-refractivity contribution in [2.45, 2.75) is 32.7 Å². The largest absolute Gasteiger partial charge is 0.384 e. The molecular weight excluding hydrogens is 308 g/mol. The molecule has 0 aromatic carbocycles. The van der Waals surface area contributed by atoms with Gasteiger partial charge in [0.15, 0.2) is 0 Å². The molecule has 1 spiro atoms. The van der Waals surface area contributed by atoms with Crippen molar-refractivity contribution < 1.29 is 9.53 Å². The number of carbonyl (C=O) groups is 1. The summed E-state index contributed by atoms with van der Waals surface area (Å²) in [5.74, 6) is 0.653. The number of nitrogens with zero attached hydrogens (tertiary/aromatic N) is 2. The van der Waals surface area contributed by atoms with Gasteiger partial charge in [0.25, 0.3) is 5.91 Å². The van der Waals surface area contributed by atoms with E-state index in [4.69, 9.17) is 4.74 Å². The van der Waals surface area contributed by atoms with E-state index in [1.54, 1.807) is 18.4 Å². The van der Waals surface area contributed by atoms with Crippen LogP contribution in [0.1, 0.15) is 37.0 Å². The number of hydrogen-bond donors (Lipinski definition) is 0. The van der Waals surface area contributed by atoms with E-state index in [0.717, 1.165) is 38.3 Å². The highest BCUT2D eigenvalue weighted by Crippen LogP contribution is 2.45. The summed E-state index contributed by atoms with van der Waals surface area (Å²) in [5, 5.41) is 3.94. The van der Waals surface area contributed by atoms with Crippen molar-refractivity contribution in [3.63, 3.8) is 0 Å². The summed E-state index contributed by atoms with van der Waals surface area (Å²) in [4.78, 5) is 17.4. The number of carbonyl (C=O) groups excluding carboxylic acids is 1. The Morgan fingerprint density at radius 3 is 2.74 bits per heavy atom. The Morgan fingerprint density at radius 2 is 2.17 bits per heavy atom. The van der Waals surface area contributed by atoms with E-state index >= 15 is 0 Å². The summed E-state index contributed by atoms with van der Waals surface area (Å²) in [5.41, 5.74) is 1.08. The predicted octanol–water partition coefficient (Wildman–Crippen LogP) is 2.96. The zero-order chi connectivity index (χ0) is 16.4. The van der Waals surface area contributed by atoms with E-state index in [0.29, 0.717) is 12.0 Å². The van der Waals surface area contributed by atoms with E-state index in [-0.39, 0.29) is 11.3 Å². The Hall–Kier alpha value is -0.910. The first-order valence-corrected chi connectivity index (χ1v) is 9.54. The second kappa shape index (κ2) is 6.91. The van der Waals surface area contributed by atoms with Crippen molar-refractivity contribution >= 4 is 17.2 Å². The van der Waals surface area contributed by atoms with Gasteiger partial charge in [-0.05, 0) is 56.6 Å². The van der Waals surface area contributed by atoms with Crippen LogP contribution in [0.3, 0.4) is 0 Å². The third-order valence-electron chi connectivity index (χ3n) is 5.76. The van der Waals surface area contributed by atoms with Gasteiger partial charge in [0.1, 0.15) is 0 Å². The van der Waals surface area contributed by atoms with Crippen molar-refractivity contribution in [1.29, 1.82) is 0 Å². The first-order valence-electron chi connectivity index (χ1n) is 8.60. The molecule has 1 aromatic heterocycles. The van der Waals surface area contributed by atoms with Gasteiger partial charge in [0.2, 0.25) is 0 Å². The lowest BCUT2D eigenvalue weighted by molar-refractivity contribution is 0.0279. The number of thiophene rings is 1. The lowest BCUT2D eigenvalue weighted by Gasteiger charge is -2.43. The van der Waals surface area contributed by atoms with Gasteiger partial charge in [-0.2, -0.15) is 11.3 Å². The van der Waals surface area contributed by atoms with Crippen LogP contribution in [0, 0.1) is 11.3 Å². The molecule has 1 aromatic rings. The van der Waals surface area contributed by atoms with Crippen LogP contribution in [0.25, 0.3) is 0 Å². The van der Waals surface area contributed by atoms with Gasteiger partial charge < -0.3 is 14.5 Å². The monoisotopic (exact) mass is 336 g/mol. The Balaban J connectivity index is 1.73. The van der Waals surface area contributed by atoms with Gasteiger partial charge in [0, 0.05) is 37.5 Å². The second-order valence-electron chi connectivity index (χ2n) is 7.34. The van der Waals surface area contributed by atoms with Crippen molar-refractivity contribution in [2.24, 2.45) is 11.3 Å². The molecule has 0 bridgehead atoms. The molecule has 2 fully saturated rings. The molecule has 4 nitrogen and oxygen atoms in total. The van der Waals surface area contributed by atoms with Gasteiger partial charge in [-0.1, -0.05) is 0 Å². The molecule has 0 N–H and O–H groups in total. The summed E-state index contributed by atoms with van der Waals surface area (Å²) in [6.07, 6.45) is 2.35. The summed E-state index contributed by atoms with van der Waals surface area (Å²) in [6.45, 7) is 9.30. The van der Waals surface area contributed by atoms with Gasteiger partial charge in [-0.15, -0.1) is 0 Å². The highest BCUT2D eigenvalue weighted by molar-refractivity contribution is 7.08. The van der Waals surface area contributed by atoms with E-state index in [1.165, 1.54) is 12.8 Å². The fourth-order valence-electron chi connectivity index (χ4n) is 4.24. The molecule has 23 heavy (non-hydrogen) atoms. The van der Waals surface area contributed by atoms with Crippen LogP contribution in [0.2, 0.25) is 0 Å². The van der Waals surface area contributed by atoms with Crippen LogP contribution >= 0.6 is 11.3 Å². The van der Waals surface area contributed by atoms with Crippen LogP contribution in [0.5, 0.6) is 0 Å². The first kappa shape index (κ1) is 16.9. The van der Waals surface area contributed by atoms with Crippen LogP contribution in [-0.4, -0.2) is 61.6 Å². The highest BCUT2D eigenvalue weighted by Gasteiger charge is 2.49. The SMILES string of the molecule is COCC1CN(C(=O)c2ccsc2)CC12CCN(C(C)C)CC2. The Bertz CT molecular complexity index is 521. The molecule has 2 aliphatic rings. The third-order valence-corrected chi connectivity index (χ3v) is 6.44. The van der Waals surface area contributed by atoms with Crippen molar-refractivity contribution in [2.75, 3.05) is 39.9 Å². The number of rotatable bonds is 4. The molecule has 0 saturated carbocycles. The third kappa shape index (κ3) is 3.32. The van der Waals surface area contributed by atoms with E-state index < -0.39 is 0 Å². The van der Waals surface area contributed by atoms with Crippen molar-refractivity contribution in [3.05, 3.63) is 22.4 Å². The maximum atomic E-state index is 12.7. The van der Waals surface area contributed by atoms with Crippen LogP contribution in [-0.2, 0) is 4.74 Å². The number of likely N-dealkylation sites (tertiary alicyclic amines) is 2. The molecule has 2 saturated heterocycles. The van der Waals surface area contributed by atoms with Crippen LogP contribution in [0.4, 0.5) is 0 Å². The van der Waals surface area contributed by atoms with E-state index in [9.17, 15) is 4.79 Å². The van der Waals surface area contributed by atoms with Crippen LogP contribution in [0.15, 0.2) is 16.8 Å². The predicted molar refractivity (Wildman–Crippen MR) is 94.0 cm³/mol. The topological polar surface area (TPSA) is 32.8 Å². The maximum absolute atomic E-state index is 12.7. The second-order valence-corrected chi connectivity index (χ2v) is 8.12. The smallest absolute Gasteiger partial charge is 0.254 e. The lowest BCUT2D eigenvalue weighted by atomic mass is 9.71. The molecular formula is C18H28N2O2S. The molecule has 1 atom stereocenters. The molecule has 2 aliphatic heterocycles. The number of amides is 1. The first-order chi connectivity index (χ1) is 11.1. The minimum Gasteiger partial charge on any atom is -0.384 e. The molecule has 5 heteroatoms. The normalized spacial score (nSPS) is 24.7. The van der Waals surface area contributed by atoms with Crippen LogP contribution < -0.4 is 0 Å². The van der Waals surface area contributed by atoms with Gasteiger partial charge >= 0.3 is 0 Å². The number of hydrogen-bond acceptors (Lipinski definition) is 4. The number of ether oxygens (including phenoxy) is 1. The summed E-state index contributed by atoms with van der Waals surface area (Å²) < 4.78 is 5.50.